The number of fused-ring (bicyclic) bond motifs is 1. The van der Waals surface area contributed by atoms with Crippen LogP contribution in [0.25, 0.3) is 0 Å². The molecular weight excluding hydrogens is 348 g/mol. The van der Waals surface area contributed by atoms with E-state index in [9.17, 15) is 4.79 Å². The van der Waals surface area contributed by atoms with E-state index in [-0.39, 0.29) is 5.91 Å². The van der Waals surface area contributed by atoms with Crippen molar-refractivity contribution in [3.05, 3.63) is 78.2 Å². The van der Waals surface area contributed by atoms with Crippen LogP contribution in [0.4, 0.5) is 0 Å². The van der Waals surface area contributed by atoms with E-state index in [0.29, 0.717) is 11.7 Å². The van der Waals surface area contributed by atoms with Crippen molar-refractivity contribution in [2.24, 2.45) is 0 Å². The van der Waals surface area contributed by atoms with Gasteiger partial charge in [-0.25, -0.2) is 0 Å². The maximum Gasteiger partial charge on any atom is 0.271 e. The number of carbonyl (C=O) groups excluding carboxylic acids is 1. The van der Waals surface area contributed by atoms with Crippen LogP contribution in [-0.4, -0.2) is 46.8 Å². The molecule has 3 rings (SSSR count). The Morgan fingerprint density at radius 1 is 1.29 bits per heavy atom. The summed E-state index contributed by atoms with van der Waals surface area (Å²) in [4.78, 5) is 14.8. The van der Waals surface area contributed by atoms with Gasteiger partial charge in [-0.15, -0.1) is 13.2 Å². The fourth-order valence-corrected chi connectivity index (χ4v) is 4.05. The van der Waals surface area contributed by atoms with Crippen LogP contribution in [0.15, 0.2) is 55.6 Å². The molecule has 0 bridgehead atoms. The Labute approximate surface area is 167 Å². The van der Waals surface area contributed by atoms with Gasteiger partial charge in [0.05, 0.1) is 0 Å². The van der Waals surface area contributed by atoms with Gasteiger partial charge < -0.3 is 5.32 Å². The van der Waals surface area contributed by atoms with E-state index in [4.69, 9.17) is 5.10 Å². The summed E-state index contributed by atoms with van der Waals surface area (Å²) in [6, 6.07) is 10.8. The average molecular weight is 379 g/mol. The standard InChI is InChI=1S/C23H30N4O/c1-4-14-26(15-5-2)19-11-12-21-20(17-19)22(23(28)24-3)25-27(21)16-13-18-9-7-6-8-10-18/h4-10,19H,1-2,11-17H2,3H3,(H,24,28)/t19-/m1/s1. The van der Waals surface area contributed by atoms with Gasteiger partial charge in [-0.2, -0.15) is 5.10 Å². The number of nitrogens with zero attached hydrogens (tertiary/aromatic N) is 3. The highest BCUT2D eigenvalue weighted by molar-refractivity contribution is 5.93. The first kappa shape index (κ1) is 20.1. The van der Waals surface area contributed by atoms with Gasteiger partial charge in [-0.05, 0) is 31.2 Å². The number of carbonyl (C=O) groups is 1. The lowest BCUT2D eigenvalue weighted by molar-refractivity contribution is 0.0955. The van der Waals surface area contributed by atoms with Gasteiger partial charge in [0.2, 0.25) is 0 Å². The molecule has 1 amide bonds. The molecule has 1 aromatic heterocycles. The lowest BCUT2D eigenvalue weighted by Gasteiger charge is -2.33. The van der Waals surface area contributed by atoms with Gasteiger partial charge in [-0.1, -0.05) is 42.5 Å². The molecule has 148 valence electrons. The lowest BCUT2D eigenvalue weighted by Crippen LogP contribution is -2.40. The van der Waals surface area contributed by atoms with Crippen molar-refractivity contribution in [3.8, 4) is 0 Å². The quantitative estimate of drug-likeness (QED) is 0.683. The predicted octanol–water partition coefficient (Wildman–Crippen LogP) is 3.02. The molecule has 1 N–H and O–H groups in total. The molecule has 1 aromatic carbocycles. The van der Waals surface area contributed by atoms with Crippen LogP contribution < -0.4 is 5.32 Å². The summed E-state index contributed by atoms with van der Waals surface area (Å²) in [7, 11) is 1.67. The predicted molar refractivity (Wildman–Crippen MR) is 114 cm³/mol. The molecule has 0 radical (unpaired) electrons. The van der Waals surface area contributed by atoms with Gasteiger partial charge in [0.25, 0.3) is 5.91 Å². The van der Waals surface area contributed by atoms with Gasteiger partial charge in [0.15, 0.2) is 5.69 Å². The van der Waals surface area contributed by atoms with Crippen LogP contribution in [0.3, 0.4) is 0 Å². The molecule has 1 aliphatic rings. The van der Waals surface area contributed by atoms with Gasteiger partial charge in [0.1, 0.15) is 0 Å². The molecule has 1 atom stereocenters. The minimum Gasteiger partial charge on any atom is -0.354 e. The van der Waals surface area contributed by atoms with Crippen molar-refractivity contribution in [3.63, 3.8) is 0 Å². The number of benzene rings is 1. The smallest absolute Gasteiger partial charge is 0.271 e. The summed E-state index contributed by atoms with van der Waals surface area (Å²) in [6.45, 7) is 10.2. The van der Waals surface area contributed by atoms with E-state index in [0.717, 1.165) is 50.9 Å². The fourth-order valence-electron chi connectivity index (χ4n) is 4.05. The first-order valence-corrected chi connectivity index (χ1v) is 9.98. The van der Waals surface area contributed by atoms with Crippen LogP contribution >= 0.6 is 0 Å². The topological polar surface area (TPSA) is 50.2 Å². The van der Waals surface area contributed by atoms with E-state index in [1.165, 1.54) is 11.3 Å². The number of hydrogen-bond donors (Lipinski definition) is 1. The van der Waals surface area contributed by atoms with E-state index in [1.807, 2.05) is 18.2 Å². The Kier molecular flexibility index (Phi) is 6.82. The molecule has 0 aliphatic heterocycles. The fraction of sp³-hybridized carbons (Fsp3) is 0.391. The number of rotatable bonds is 9. The van der Waals surface area contributed by atoms with E-state index < -0.39 is 0 Å². The molecule has 0 unspecified atom stereocenters. The molecule has 0 spiro atoms. The summed E-state index contributed by atoms with van der Waals surface area (Å²) in [5.41, 5.74) is 4.17. The molecule has 1 heterocycles. The minimum absolute atomic E-state index is 0.102. The first-order chi connectivity index (χ1) is 13.7. The summed E-state index contributed by atoms with van der Waals surface area (Å²) >= 11 is 0. The maximum atomic E-state index is 12.5. The summed E-state index contributed by atoms with van der Waals surface area (Å²) in [5.74, 6) is -0.102. The van der Waals surface area contributed by atoms with Crippen LogP contribution in [0.2, 0.25) is 0 Å². The Balaban J connectivity index is 1.85. The highest BCUT2D eigenvalue weighted by atomic mass is 16.1. The Morgan fingerprint density at radius 2 is 2.00 bits per heavy atom. The summed E-state index contributed by atoms with van der Waals surface area (Å²) < 4.78 is 2.05. The number of hydrogen-bond acceptors (Lipinski definition) is 3. The van der Waals surface area contributed by atoms with Crippen LogP contribution in [0.5, 0.6) is 0 Å². The van der Waals surface area contributed by atoms with Crippen molar-refractivity contribution < 1.29 is 4.79 Å². The molecule has 0 saturated heterocycles. The monoisotopic (exact) mass is 378 g/mol. The normalized spacial score (nSPS) is 15.9. The highest BCUT2D eigenvalue weighted by Crippen LogP contribution is 2.28. The average Bonchev–Trinajstić information content (AvgIpc) is 3.10. The second-order valence-electron chi connectivity index (χ2n) is 7.24. The Hall–Kier alpha value is -2.66. The highest BCUT2D eigenvalue weighted by Gasteiger charge is 2.30. The molecule has 28 heavy (non-hydrogen) atoms. The number of amides is 1. The van der Waals surface area contributed by atoms with Crippen molar-refractivity contribution in [2.75, 3.05) is 20.1 Å². The van der Waals surface area contributed by atoms with Gasteiger partial charge >= 0.3 is 0 Å². The van der Waals surface area contributed by atoms with Crippen LogP contribution in [0.1, 0.15) is 33.7 Å². The molecule has 2 aromatic rings. The molecular formula is C23H30N4O. The summed E-state index contributed by atoms with van der Waals surface area (Å²) in [5, 5.41) is 7.46. The third-order valence-electron chi connectivity index (χ3n) is 5.46. The minimum atomic E-state index is -0.102. The van der Waals surface area contributed by atoms with Crippen molar-refractivity contribution in [2.45, 2.75) is 38.3 Å². The Morgan fingerprint density at radius 3 is 2.64 bits per heavy atom. The largest absolute Gasteiger partial charge is 0.354 e. The third kappa shape index (κ3) is 4.42. The Bertz CT molecular complexity index is 815. The second kappa shape index (κ2) is 9.51. The number of aryl methyl sites for hydroxylation is 2. The number of aromatic nitrogens is 2. The molecule has 0 saturated carbocycles. The second-order valence-corrected chi connectivity index (χ2v) is 7.24. The maximum absolute atomic E-state index is 12.5. The van der Waals surface area contributed by atoms with Crippen molar-refractivity contribution in [1.29, 1.82) is 0 Å². The zero-order valence-corrected chi connectivity index (χ0v) is 16.7. The van der Waals surface area contributed by atoms with Crippen molar-refractivity contribution >= 4 is 5.91 Å². The molecule has 1 aliphatic carbocycles. The van der Waals surface area contributed by atoms with Crippen molar-refractivity contribution in [1.82, 2.24) is 20.0 Å². The molecule has 5 nitrogen and oxygen atoms in total. The lowest BCUT2D eigenvalue weighted by atomic mass is 9.90. The SMILES string of the molecule is C=CCN(CC=C)[C@@H]1CCc2c(c(C(=O)NC)nn2CCc2ccccc2)C1. The van der Waals surface area contributed by atoms with E-state index in [2.05, 4.69) is 52.3 Å². The first-order valence-electron chi connectivity index (χ1n) is 9.98. The van der Waals surface area contributed by atoms with Gasteiger partial charge in [-0.3, -0.25) is 14.4 Å². The zero-order chi connectivity index (χ0) is 19.9. The van der Waals surface area contributed by atoms with Gasteiger partial charge in [0, 0.05) is 44.0 Å². The number of nitrogens with one attached hydrogen (secondary N) is 1. The molecule has 5 heteroatoms. The third-order valence-corrected chi connectivity index (χ3v) is 5.46. The van der Waals surface area contributed by atoms with Crippen LogP contribution in [-0.2, 0) is 25.8 Å². The van der Waals surface area contributed by atoms with Crippen LogP contribution in [0, 0.1) is 0 Å². The zero-order valence-electron chi connectivity index (χ0n) is 16.7. The van der Waals surface area contributed by atoms with E-state index >= 15 is 0 Å². The summed E-state index contributed by atoms with van der Waals surface area (Å²) in [6.07, 6.45) is 7.60. The molecule has 0 fully saturated rings. The van der Waals surface area contributed by atoms with E-state index in [1.54, 1.807) is 7.05 Å².